The van der Waals surface area contributed by atoms with E-state index in [1.54, 1.807) is 7.11 Å². The molecule has 1 aromatic heterocycles. The van der Waals surface area contributed by atoms with Gasteiger partial charge in [0, 0.05) is 35.7 Å². The summed E-state index contributed by atoms with van der Waals surface area (Å²) < 4.78 is 7.45. The van der Waals surface area contributed by atoms with E-state index in [4.69, 9.17) is 4.74 Å². The predicted octanol–water partition coefficient (Wildman–Crippen LogP) is 3.89. The number of aryl methyl sites for hydroxylation is 1. The van der Waals surface area contributed by atoms with Crippen LogP contribution in [0, 0.1) is 31.1 Å². The first-order valence-corrected chi connectivity index (χ1v) is 11.1. The number of halogens is 1. The van der Waals surface area contributed by atoms with Crippen molar-refractivity contribution in [3.05, 3.63) is 17.0 Å². The van der Waals surface area contributed by atoms with E-state index in [0.29, 0.717) is 23.9 Å². The molecule has 5 nitrogen and oxygen atoms in total. The summed E-state index contributed by atoms with van der Waals surface area (Å²) in [5, 5.41) is 7.79. The highest BCUT2D eigenvalue weighted by Gasteiger charge is 2.57. The van der Waals surface area contributed by atoms with E-state index in [1.165, 1.54) is 38.5 Å². The van der Waals surface area contributed by atoms with Crippen molar-refractivity contribution in [3.63, 3.8) is 0 Å². The Kier molecular flexibility index (Phi) is 5.17. The number of rotatable bonds is 7. The third-order valence-electron chi connectivity index (χ3n) is 7.15. The van der Waals surface area contributed by atoms with Gasteiger partial charge in [-0.2, -0.15) is 5.10 Å². The topological polar surface area (TPSA) is 56.1 Å². The SMILES string of the molecule is COCCn1nc(C)c(CNC(=O)CC23CC4CC(CC(Br)(C4)C2)C3)c1C. The molecule has 5 rings (SSSR count). The van der Waals surface area contributed by atoms with Crippen molar-refractivity contribution in [2.75, 3.05) is 13.7 Å². The van der Waals surface area contributed by atoms with Gasteiger partial charge in [0.05, 0.1) is 18.8 Å². The molecule has 4 aliphatic carbocycles. The van der Waals surface area contributed by atoms with Gasteiger partial charge in [-0.3, -0.25) is 9.48 Å². The number of ether oxygens (including phenoxy) is 1. The number of carbonyl (C=O) groups is 1. The third kappa shape index (κ3) is 3.84. The second kappa shape index (κ2) is 7.18. The van der Waals surface area contributed by atoms with Crippen LogP contribution in [0.4, 0.5) is 0 Å². The van der Waals surface area contributed by atoms with Crippen LogP contribution in [0.15, 0.2) is 0 Å². The van der Waals surface area contributed by atoms with E-state index in [9.17, 15) is 4.79 Å². The average Bonchev–Trinajstić information content (AvgIpc) is 2.82. The predicted molar refractivity (Wildman–Crippen MR) is 109 cm³/mol. The lowest BCUT2D eigenvalue weighted by molar-refractivity contribution is -0.128. The first-order valence-electron chi connectivity index (χ1n) is 10.3. The lowest BCUT2D eigenvalue weighted by Gasteiger charge is -2.60. The largest absolute Gasteiger partial charge is 0.383 e. The maximum Gasteiger partial charge on any atom is 0.220 e. The summed E-state index contributed by atoms with van der Waals surface area (Å²) in [5.74, 6) is 1.85. The first kappa shape index (κ1) is 19.4. The molecule has 2 unspecified atom stereocenters. The minimum atomic E-state index is 0.205. The number of methoxy groups -OCH3 is 1. The molecule has 0 spiro atoms. The standard InChI is InChI=1S/C21H32BrN3O2/c1-14-18(15(2)25(24-14)4-5-27-3)12-23-19(26)11-20-7-16-6-17(8-20)10-21(22,9-16)13-20/h16-17H,4-13H2,1-3H3,(H,23,26). The Morgan fingerprint density at radius 3 is 2.63 bits per heavy atom. The van der Waals surface area contributed by atoms with Gasteiger partial charge < -0.3 is 10.1 Å². The highest BCUT2D eigenvalue weighted by molar-refractivity contribution is 9.10. The van der Waals surface area contributed by atoms with Gasteiger partial charge in [0.15, 0.2) is 0 Å². The molecule has 0 radical (unpaired) electrons. The lowest BCUT2D eigenvalue weighted by atomic mass is 9.48. The molecule has 1 amide bonds. The third-order valence-corrected chi connectivity index (χ3v) is 8.08. The maximum absolute atomic E-state index is 12.8. The van der Waals surface area contributed by atoms with Crippen molar-refractivity contribution in [2.45, 2.75) is 76.2 Å². The van der Waals surface area contributed by atoms with Gasteiger partial charge in [0.2, 0.25) is 5.91 Å². The molecule has 1 aromatic rings. The minimum absolute atomic E-state index is 0.205. The average molecular weight is 438 g/mol. The van der Waals surface area contributed by atoms with Gasteiger partial charge in [-0.05, 0) is 69.6 Å². The summed E-state index contributed by atoms with van der Waals surface area (Å²) in [5.41, 5.74) is 3.49. The van der Waals surface area contributed by atoms with Crippen molar-refractivity contribution < 1.29 is 9.53 Å². The Labute approximate surface area is 170 Å². The molecular formula is C21H32BrN3O2. The van der Waals surface area contributed by atoms with Crippen molar-refractivity contribution in [1.82, 2.24) is 15.1 Å². The van der Waals surface area contributed by atoms with Crippen LogP contribution in [0.5, 0.6) is 0 Å². The van der Waals surface area contributed by atoms with Crippen molar-refractivity contribution >= 4 is 21.8 Å². The summed E-state index contributed by atoms with van der Waals surface area (Å²) in [6.45, 7) is 6.06. The zero-order valence-electron chi connectivity index (χ0n) is 16.8. The Morgan fingerprint density at radius 1 is 1.30 bits per heavy atom. The van der Waals surface area contributed by atoms with Crippen LogP contribution in [-0.2, 0) is 22.6 Å². The molecule has 2 atom stereocenters. The van der Waals surface area contributed by atoms with Gasteiger partial charge in [0.1, 0.15) is 0 Å². The molecular weight excluding hydrogens is 406 g/mol. The van der Waals surface area contributed by atoms with Crippen LogP contribution < -0.4 is 5.32 Å². The summed E-state index contributed by atoms with van der Waals surface area (Å²) in [4.78, 5) is 12.8. The molecule has 4 fully saturated rings. The van der Waals surface area contributed by atoms with Crippen LogP contribution in [0.3, 0.4) is 0 Å². The van der Waals surface area contributed by atoms with Crippen LogP contribution in [-0.4, -0.2) is 33.7 Å². The first-order chi connectivity index (χ1) is 12.8. The Hall–Kier alpha value is -0.880. The monoisotopic (exact) mass is 437 g/mol. The summed E-state index contributed by atoms with van der Waals surface area (Å²) in [6, 6.07) is 0. The summed E-state index contributed by atoms with van der Waals surface area (Å²) in [6.07, 6.45) is 8.36. The van der Waals surface area contributed by atoms with Gasteiger partial charge in [-0.15, -0.1) is 0 Å². The van der Waals surface area contributed by atoms with Crippen molar-refractivity contribution in [2.24, 2.45) is 17.3 Å². The van der Waals surface area contributed by atoms with Gasteiger partial charge in [0.25, 0.3) is 0 Å². The minimum Gasteiger partial charge on any atom is -0.383 e. The fourth-order valence-corrected chi connectivity index (χ4v) is 8.03. The second-order valence-electron chi connectivity index (χ2n) is 9.43. The van der Waals surface area contributed by atoms with E-state index in [0.717, 1.165) is 35.3 Å². The van der Waals surface area contributed by atoms with Crippen LogP contribution >= 0.6 is 15.9 Å². The number of hydrogen-bond acceptors (Lipinski definition) is 3. The Morgan fingerprint density at radius 2 is 2.00 bits per heavy atom. The highest BCUT2D eigenvalue weighted by Crippen LogP contribution is 2.65. The van der Waals surface area contributed by atoms with Crippen molar-refractivity contribution in [3.8, 4) is 0 Å². The lowest BCUT2D eigenvalue weighted by Crippen LogP contribution is -2.54. The van der Waals surface area contributed by atoms with Gasteiger partial charge in [-0.25, -0.2) is 0 Å². The number of nitrogens with one attached hydrogen (secondary N) is 1. The molecule has 0 aromatic carbocycles. The fourth-order valence-electron chi connectivity index (χ4n) is 6.52. The van der Waals surface area contributed by atoms with E-state index < -0.39 is 0 Å². The molecule has 4 bridgehead atoms. The Bertz CT molecular complexity index is 715. The smallest absolute Gasteiger partial charge is 0.220 e. The van der Waals surface area contributed by atoms with Crippen LogP contribution in [0.1, 0.15) is 61.9 Å². The van der Waals surface area contributed by atoms with Crippen molar-refractivity contribution in [1.29, 1.82) is 0 Å². The molecule has 4 saturated carbocycles. The van der Waals surface area contributed by atoms with Gasteiger partial charge in [-0.1, -0.05) is 15.9 Å². The van der Waals surface area contributed by atoms with Crippen LogP contribution in [0.2, 0.25) is 0 Å². The van der Waals surface area contributed by atoms with Gasteiger partial charge >= 0.3 is 0 Å². The second-order valence-corrected chi connectivity index (χ2v) is 11.1. The normalized spacial score (nSPS) is 34.2. The van der Waals surface area contributed by atoms with E-state index in [-0.39, 0.29) is 11.3 Å². The molecule has 0 saturated heterocycles. The molecule has 1 heterocycles. The maximum atomic E-state index is 12.8. The zero-order chi connectivity index (χ0) is 19.2. The molecule has 6 heteroatoms. The fraction of sp³-hybridized carbons (Fsp3) is 0.810. The van der Waals surface area contributed by atoms with E-state index in [2.05, 4.69) is 33.3 Å². The number of alkyl halides is 1. The number of amides is 1. The highest BCUT2D eigenvalue weighted by atomic mass is 79.9. The van der Waals surface area contributed by atoms with Crippen LogP contribution in [0.25, 0.3) is 0 Å². The van der Waals surface area contributed by atoms with E-state index >= 15 is 0 Å². The summed E-state index contributed by atoms with van der Waals surface area (Å²) >= 11 is 4.05. The number of hydrogen-bond donors (Lipinski definition) is 1. The molecule has 4 aliphatic rings. The molecule has 27 heavy (non-hydrogen) atoms. The zero-order valence-corrected chi connectivity index (χ0v) is 18.4. The molecule has 0 aliphatic heterocycles. The Balaban J connectivity index is 1.37. The number of nitrogens with zero attached hydrogens (tertiary/aromatic N) is 2. The molecule has 1 N–H and O–H groups in total. The quantitative estimate of drug-likeness (QED) is 0.658. The number of carbonyl (C=O) groups excluding carboxylic acids is 1. The van der Waals surface area contributed by atoms with E-state index in [1.807, 2.05) is 11.6 Å². The summed E-state index contributed by atoms with van der Waals surface area (Å²) in [7, 11) is 1.70. The molecule has 150 valence electrons. The number of aromatic nitrogens is 2.